The molecule has 0 unspecified atom stereocenters. The van der Waals surface area contributed by atoms with Crippen LogP contribution in [0, 0.1) is 18.3 Å². The van der Waals surface area contributed by atoms with Crippen molar-refractivity contribution >= 4 is 5.52 Å². The first kappa shape index (κ1) is 13.3. The maximum atomic E-state index is 9.13. The lowest BCUT2D eigenvalue weighted by Gasteiger charge is -2.03. The SMILES string of the molecule is Cc1onc(-c2ccccc2)c1-c1ncc2ccc(C#N)cn12. The Morgan fingerprint density at radius 1 is 1.13 bits per heavy atom. The second-order valence-corrected chi connectivity index (χ2v) is 5.23. The van der Waals surface area contributed by atoms with Gasteiger partial charge in [-0.2, -0.15) is 5.26 Å². The molecule has 0 spiro atoms. The number of rotatable bonds is 2. The van der Waals surface area contributed by atoms with Gasteiger partial charge in [-0.05, 0) is 19.1 Å². The first-order chi connectivity index (χ1) is 11.3. The molecule has 0 aliphatic rings. The van der Waals surface area contributed by atoms with Crippen molar-refractivity contribution in [3.8, 4) is 28.7 Å². The minimum Gasteiger partial charge on any atom is -0.360 e. The average molecular weight is 300 g/mol. The van der Waals surface area contributed by atoms with E-state index >= 15 is 0 Å². The van der Waals surface area contributed by atoms with Crippen molar-refractivity contribution in [1.82, 2.24) is 14.5 Å². The molecule has 1 aromatic carbocycles. The summed E-state index contributed by atoms with van der Waals surface area (Å²) < 4.78 is 7.30. The average Bonchev–Trinajstić information content (AvgIpc) is 3.18. The number of pyridine rings is 1. The molecule has 0 amide bonds. The van der Waals surface area contributed by atoms with E-state index in [4.69, 9.17) is 9.78 Å². The van der Waals surface area contributed by atoms with Crippen LogP contribution in [-0.2, 0) is 0 Å². The van der Waals surface area contributed by atoms with Crippen LogP contribution in [0.4, 0.5) is 0 Å². The van der Waals surface area contributed by atoms with Gasteiger partial charge >= 0.3 is 0 Å². The van der Waals surface area contributed by atoms with Gasteiger partial charge in [-0.15, -0.1) is 0 Å². The third-order valence-corrected chi connectivity index (χ3v) is 3.79. The predicted octanol–water partition coefficient (Wildman–Crippen LogP) is 3.84. The predicted molar refractivity (Wildman–Crippen MR) is 85.6 cm³/mol. The summed E-state index contributed by atoms with van der Waals surface area (Å²) in [5, 5.41) is 13.3. The van der Waals surface area contributed by atoms with E-state index in [2.05, 4.69) is 16.2 Å². The van der Waals surface area contributed by atoms with Gasteiger partial charge in [0, 0.05) is 11.8 Å². The van der Waals surface area contributed by atoms with Crippen LogP contribution < -0.4 is 0 Å². The Bertz CT molecular complexity index is 1040. The molecule has 0 bridgehead atoms. The quantitative estimate of drug-likeness (QED) is 0.564. The highest BCUT2D eigenvalue weighted by atomic mass is 16.5. The second-order valence-electron chi connectivity index (χ2n) is 5.23. The maximum absolute atomic E-state index is 9.13. The highest BCUT2D eigenvalue weighted by molar-refractivity contribution is 5.80. The lowest BCUT2D eigenvalue weighted by Crippen LogP contribution is -1.93. The van der Waals surface area contributed by atoms with Crippen LogP contribution in [0.2, 0.25) is 0 Å². The Morgan fingerprint density at radius 3 is 2.74 bits per heavy atom. The number of aryl methyl sites for hydroxylation is 1. The van der Waals surface area contributed by atoms with Crippen LogP contribution in [0.5, 0.6) is 0 Å². The fraction of sp³-hybridized carbons (Fsp3) is 0.0556. The van der Waals surface area contributed by atoms with Gasteiger partial charge in [-0.3, -0.25) is 4.40 Å². The molecule has 0 saturated carbocycles. The zero-order chi connectivity index (χ0) is 15.8. The first-order valence-electron chi connectivity index (χ1n) is 7.17. The molecule has 4 rings (SSSR count). The molecule has 5 heteroatoms. The molecule has 3 heterocycles. The third-order valence-electron chi connectivity index (χ3n) is 3.79. The minimum atomic E-state index is 0.576. The summed E-state index contributed by atoms with van der Waals surface area (Å²) in [5.74, 6) is 1.41. The summed E-state index contributed by atoms with van der Waals surface area (Å²) in [6, 6.07) is 15.7. The zero-order valence-electron chi connectivity index (χ0n) is 12.4. The molecule has 3 aromatic heterocycles. The van der Waals surface area contributed by atoms with Crippen molar-refractivity contribution in [2.45, 2.75) is 6.92 Å². The Hall–Kier alpha value is -3.39. The fourth-order valence-corrected chi connectivity index (χ4v) is 2.67. The summed E-state index contributed by atoms with van der Waals surface area (Å²) in [6.45, 7) is 1.87. The number of nitrogens with zero attached hydrogens (tertiary/aromatic N) is 4. The van der Waals surface area contributed by atoms with E-state index < -0.39 is 0 Å². The number of aromatic nitrogens is 3. The Morgan fingerprint density at radius 2 is 1.96 bits per heavy atom. The largest absolute Gasteiger partial charge is 0.360 e. The first-order valence-corrected chi connectivity index (χ1v) is 7.17. The van der Waals surface area contributed by atoms with Gasteiger partial charge < -0.3 is 4.52 Å². The monoisotopic (exact) mass is 300 g/mol. The van der Waals surface area contributed by atoms with Gasteiger partial charge in [0.1, 0.15) is 23.3 Å². The molecule has 23 heavy (non-hydrogen) atoms. The minimum absolute atomic E-state index is 0.576. The molecule has 0 atom stereocenters. The van der Waals surface area contributed by atoms with Crippen LogP contribution in [-0.4, -0.2) is 14.5 Å². The maximum Gasteiger partial charge on any atom is 0.150 e. The highest BCUT2D eigenvalue weighted by Crippen LogP contribution is 2.33. The molecule has 110 valence electrons. The Kier molecular flexibility index (Phi) is 2.95. The van der Waals surface area contributed by atoms with Crippen LogP contribution in [0.3, 0.4) is 0 Å². The van der Waals surface area contributed by atoms with Gasteiger partial charge in [0.15, 0.2) is 0 Å². The van der Waals surface area contributed by atoms with Crippen molar-refractivity contribution in [3.63, 3.8) is 0 Å². The van der Waals surface area contributed by atoms with Gasteiger partial charge in [0.05, 0.1) is 22.8 Å². The smallest absolute Gasteiger partial charge is 0.150 e. The Balaban J connectivity index is 1.99. The van der Waals surface area contributed by atoms with Gasteiger partial charge in [0.2, 0.25) is 0 Å². The number of hydrogen-bond acceptors (Lipinski definition) is 4. The van der Waals surface area contributed by atoms with Crippen LogP contribution in [0.25, 0.3) is 28.2 Å². The molecule has 0 aliphatic carbocycles. The van der Waals surface area contributed by atoms with Gasteiger partial charge in [-0.1, -0.05) is 35.5 Å². The van der Waals surface area contributed by atoms with Crippen molar-refractivity contribution in [2.24, 2.45) is 0 Å². The molecule has 0 aliphatic heterocycles. The number of imidazole rings is 1. The topological polar surface area (TPSA) is 67.1 Å². The summed E-state index contributed by atoms with van der Waals surface area (Å²) in [6.07, 6.45) is 3.55. The second kappa shape index (κ2) is 5.11. The molecule has 0 radical (unpaired) electrons. The van der Waals surface area contributed by atoms with E-state index in [-0.39, 0.29) is 0 Å². The van der Waals surface area contributed by atoms with Crippen LogP contribution >= 0.6 is 0 Å². The summed E-state index contributed by atoms with van der Waals surface area (Å²) >= 11 is 0. The van der Waals surface area contributed by atoms with Gasteiger partial charge in [-0.25, -0.2) is 4.98 Å². The number of fused-ring (bicyclic) bond motifs is 1. The summed E-state index contributed by atoms with van der Waals surface area (Å²) in [7, 11) is 0. The Labute approximate surface area is 132 Å². The van der Waals surface area contributed by atoms with Crippen LogP contribution in [0.15, 0.2) is 59.4 Å². The van der Waals surface area contributed by atoms with E-state index in [1.54, 1.807) is 18.5 Å². The van der Waals surface area contributed by atoms with E-state index in [0.717, 1.165) is 28.2 Å². The standard InChI is InChI=1S/C18H12N4O/c1-12-16(17(21-23-12)14-5-3-2-4-6-14)18-20-10-15-8-7-13(9-19)11-22(15)18/h2-8,10-11H,1H3. The molecule has 0 N–H and O–H groups in total. The van der Waals surface area contributed by atoms with E-state index in [1.165, 1.54) is 0 Å². The molecule has 0 saturated heterocycles. The van der Waals surface area contributed by atoms with Crippen molar-refractivity contribution in [1.29, 1.82) is 5.26 Å². The molecule has 4 aromatic rings. The lowest BCUT2D eigenvalue weighted by atomic mass is 10.1. The number of hydrogen-bond donors (Lipinski definition) is 0. The number of nitriles is 1. The molecular formula is C18H12N4O. The van der Waals surface area contributed by atoms with Crippen LogP contribution in [0.1, 0.15) is 11.3 Å². The summed E-state index contributed by atoms with van der Waals surface area (Å²) in [4.78, 5) is 4.51. The van der Waals surface area contributed by atoms with Crippen molar-refractivity contribution in [2.75, 3.05) is 0 Å². The fourth-order valence-electron chi connectivity index (χ4n) is 2.67. The highest BCUT2D eigenvalue weighted by Gasteiger charge is 2.20. The van der Waals surface area contributed by atoms with Crippen molar-refractivity contribution in [3.05, 3.63) is 66.2 Å². The van der Waals surface area contributed by atoms with E-state index in [9.17, 15) is 0 Å². The van der Waals surface area contributed by atoms with E-state index in [1.807, 2.05) is 47.7 Å². The normalized spacial score (nSPS) is 10.8. The third kappa shape index (κ3) is 2.09. The zero-order valence-corrected chi connectivity index (χ0v) is 12.4. The van der Waals surface area contributed by atoms with Gasteiger partial charge in [0.25, 0.3) is 0 Å². The molecular weight excluding hydrogens is 288 g/mol. The van der Waals surface area contributed by atoms with E-state index in [0.29, 0.717) is 11.3 Å². The molecule has 0 fully saturated rings. The number of benzene rings is 1. The molecule has 5 nitrogen and oxygen atoms in total. The summed E-state index contributed by atoms with van der Waals surface area (Å²) in [5.41, 5.74) is 4.04. The van der Waals surface area contributed by atoms with Crippen molar-refractivity contribution < 1.29 is 4.52 Å². The lowest BCUT2D eigenvalue weighted by molar-refractivity contribution is 0.400.